The van der Waals surface area contributed by atoms with Crippen LogP contribution in [0, 0.1) is 5.92 Å². The lowest BCUT2D eigenvalue weighted by Crippen LogP contribution is -2.37. The molecule has 19 heavy (non-hydrogen) atoms. The summed E-state index contributed by atoms with van der Waals surface area (Å²) in [7, 11) is 2.22. The molecule has 3 heteroatoms. The van der Waals surface area contributed by atoms with Crippen LogP contribution in [0.15, 0.2) is 24.3 Å². The lowest BCUT2D eigenvalue weighted by molar-refractivity contribution is 0.206. The van der Waals surface area contributed by atoms with Gasteiger partial charge in [-0.1, -0.05) is 12.1 Å². The van der Waals surface area contributed by atoms with Crippen molar-refractivity contribution in [3.63, 3.8) is 0 Å². The van der Waals surface area contributed by atoms with Crippen LogP contribution in [0.3, 0.4) is 0 Å². The van der Waals surface area contributed by atoms with Crippen LogP contribution < -0.4 is 10.1 Å². The SMILES string of the molecule is CCOc1cccc(CNCC2CCCN(C)C2)c1. The van der Waals surface area contributed by atoms with Gasteiger partial charge in [0.1, 0.15) is 5.75 Å². The number of likely N-dealkylation sites (tertiary alicyclic amines) is 1. The zero-order valence-electron chi connectivity index (χ0n) is 12.2. The van der Waals surface area contributed by atoms with E-state index in [4.69, 9.17) is 4.74 Å². The first-order valence-electron chi connectivity index (χ1n) is 7.39. The Morgan fingerprint density at radius 3 is 3.11 bits per heavy atom. The van der Waals surface area contributed by atoms with Gasteiger partial charge < -0.3 is 15.0 Å². The summed E-state index contributed by atoms with van der Waals surface area (Å²) in [5.74, 6) is 1.77. The average Bonchev–Trinajstić information content (AvgIpc) is 2.40. The Kier molecular flexibility index (Phi) is 5.67. The fourth-order valence-corrected chi connectivity index (χ4v) is 2.77. The predicted molar refractivity (Wildman–Crippen MR) is 79.5 cm³/mol. The van der Waals surface area contributed by atoms with Gasteiger partial charge >= 0.3 is 0 Å². The molecule has 0 amide bonds. The van der Waals surface area contributed by atoms with Gasteiger partial charge in [-0.2, -0.15) is 0 Å². The van der Waals surface area contributed by atoms with E-state index in [-0.39, 0.29) is 0 Å². The van der Waals surface area contributed by atoms with Crippen molar-refractivity contribution in [3.05, 3.63) is 29.8 Å². The van der Waals surface area contributed by atoms with Crippen molar-refractivity contribution in [1.82, 2.24) is 10.2 Å². The first-order chi connectivity index (χ1) is 9.28. The van der Waals surface area contributed by atoms with Gasteiger partial charge in [0.25, 0.3) is 0 Å². The molecule has 1 aromatic rings. The minimum absolute atomic E-state index is 0.727. The molecule has 1 aliphatic rings. The number of ether oxygens (including phenoxy) is 1. The summed E-state index contributed by atoms with van der Waals surface area (Å²) in [6, 6.07) is 8.37. The lowest BCUT2D eigenvalue weighted by atomic mass is 9.98. The summed E-state index contributed by atoms with van der Waals surface area (Å²) in [6.45, 7) is 7.28. The first kappa shape index (κ1) is 14.4. The lowest BCUT2D eigenvalue weighted by Gasteiger charge is -2.29. The summed E-state index contributed by atoms with van der Waals surface area (Å²) in [5.41, 5.74) is 1.30. The average molecular weight is 262 g/mol. The maximum absolute atomic E-state index is 5.52. The fourth-order valence-electron chi connectivity index (χ4n) is 2.77. The van der Waals surface area contributed by atoms with E-state index in [1.807, 2.05) is 13.0 Å². The van der Waals surface area contributed by atoms with Crippen LogP contribution in [0.5, 0.6) is 5.75 Å². The molecule has 1 aliphatic heterocycles. The van der Waals surface area contributed by atoms with Crippen molar-refractivity contribution in [2.75, 3.05) is 33.3 Å². The molecule has 0 radical (unpaired) electrons. The van der Waals surface area contributed by atoms with Crippen LogP contribution in [-0.2, 0) is 6.54 Å². The van der Waals surface area contributed by atoms with E-state index in [1.54, 1.807) is 0 Å². The van der Waals surface area contributed by atoms with E-state index in [1.165, 1.54) is 31.5 Å². The van der Waals surface area contributed by atoms with Gasteiger partial charge in [0, 0.05) is 13.1 Å². The molecule has 0 bridgehead atoms. The van der Waals surface area contributed by atoms with Crippen molar-refractivity contribution in [1.29, 1.82) is 0 Å². The molecule has 1 N–H and O–H groups in total. The van der Waals surface area contributed by atoms with Crippen molar-refractivity contribution < 1.29 is 4.74 Å². The summed E-state index contributed by atoms with van der Waals surface area (Å²) in [6.07, 6.45) is 2.69. The molecule has 1 fully saturated rings. The zero-order valence-corrected chi connectivity index (χ0v) is 12.2. The fraction of sp³-hybridized carbons (Fsp3) is 0.625. The largest absolute Gasteiger partial charge is 0.494 e. The van der Waals surface area contributed by atoms with Gasteiger partial charge in [0.05, 0.1) is 6.61 Å². The van der Waals surface area contributed by atoms with Gasteiger partial charge in [-0.3, -0.25) is 0 Å². The second kappa shape index (κ2) is 7.51. The van der Waals surface area contributed by atoms with Gasteiger partial charge in [-0.05, 0) is 63.5 Å². The molecule has 0 saturated carbocycles. The number of hydrogen-bond acceptors (Lipinski definition) is 3. The minimum Gasteiger partial charge on any atom is -0.494 e. The summed E-state index contributed by atoms with van der Waals surface area (Å²) in [5, 5.41) is 3.58. The minimum atomic E-state index is 0.727. The number of nitrogens with zero attached hydrogens (tertiary/aromatic N) is 1. The quantitative estimate of drug-likeness (QED) is 0.852. The molecule has 1 aromatic carbocycles. The van der Waals surface area contributed by atoms with Crippen molar-refractivity contribution >= 4 is 0 Å². The first-order valence-corrected chi connectivity index (χ1v) is 7.39. The third-order valence-corrected chi connectivity index (χ3v) is 3.69. The van der Waals surface area contributed by atoms with E-state index in [2.05, 4.69) is 35.5 Å². The van der Waals surface area contributed by atoms with Crippen LogP contribution in [0.4, 0.5) is 0 Å². The van der Waals surface area contributed by atoms with Gasteiger partial charge in [0.15, 0.2) is 0 Å². The van der Waals surface area contributed by atoms with E-state index < -0.39 is 0 Å². The highest BCUT2D eigenvalue weighted by atomic mass is 16.5. The molecular weight excluding hydrogens is 236 g/mol. The molecular formula is C16H26N2O. The Labute approximate surface area is 116 Å². The maximum atomic E-state index is 5.52. The number of benzene rings is 1. The molecule has 1 heterocycles. The van der Waals surface area contributed by atoms with Gasteiger partial charge in [-0.15, -0.1) is 0 Å². The van der Waals surface area contributed by atoms with Gasteiger partial charge in [-0.25, -0.2) is 0 Å². The normalized spacial score (nSPS) is 20.4. The van der Waals surface area contributed by atoms with Crippen LogP contribution in [-0.4, -0.2) is 38.2 Å². The third-order valence-electron chi connectivity index (χ3n) is 3.69. The smallest absolute Gasteiger partial charge is 0.119 e. The highest BCUT2D eigenvalue weighted by molar-refractivity contribution is 5.28. The van der Waals surface area contributed by atoms with Crippen LogP contribution in [0.2, 0.25) is 0 Å². The Morgan fingerprint density at radius 2 is 2.32 bits per heavy atom. The Bertz CT molecular complexity index is 381. The molecule has 1 unspecified atom stereocenters. The van der Waals surface area contributed by atoms with Crippen molar-refractivity contribution in [2.45, 2.75) is 26.3 Å². The highest BCUT2D eigenvalue weighted by Crippen LogP contribution is 2.15. The number of nitrogens with one attached hydrogen (secondary N) is 1. The molecule has 2 rings (SSSR count). The molecule has 0 spiro atoms. The van der Waals surface area contributed by atoms with Crippen molar-refractivity contribution in [2.24, 2.45) is 5.92 Å². The van der Waals surface area contributed by atoms with Crippen LogP contribution in [0.1, 0.15) is 25.3 Å². The molecule has 1 atom stereocenters. The molecule has 0 aliphatic carbocycles. The number of rotatable bonds is 6. The predicted octanol–water partition coefficient (Wildman–Crippen LogP) is 2.52. The summed E-state index contributed by atoms with van der Waals surface area (Å²) >= 11 is 0. The second-order valence-electron chi connectivity index (χ2n) is 5.48. The Balaban J connectivity index is 1.74. The maximum Gasteiger partial charge on any atom is 0.119 e. The monoisotopic (exact) mass is 262 g/mol. The number of hydrogen-bond donors (Lipinski definition) is 1. The topological polar surface area (TPSA) is 24.5 Å². The standard InChI is InChI=1S/C16H26N2O/c1-3-19-16-8-4-6-14(10-16)11-17-12-15-7-5-9-18(2)13-15/h4,6,8,10,15,17H,3,5,7,9,11-13H2,1-2H3. The van der Waals surface area contributed by atoms with Crippen LogP contribution >= 0.6 is 0 Å². The van der Waals surface area contributed by atoms with Crippen molar-refractivity contribution in [3.8, 4) is 5.75 Å². The summed E-state index contributed by atoms with van der Waals surface area (Å²) < 4.78 is 5.52. The molecule has 1 saturated heterocycles. The Hall–Kier alpha value is -1.06. The van der Waals surface area contributed by atoms with E-state index >= 15 is 0 Å². The van der Waals surface area contributed by atoms with Gasteiger partial charge in [0.2, 0.25) is 0 Å². The van der Waals surface area contributed by atoms with E-state index in [0.29, 0.717) is 0 Å². The molecule has 3 nitrogen and oxygen atoms in total. The second-order valence-corrected chi connectivity index (χ2v) is 5.48. The molecule has 106 valence electrons. The highest BCUT2D eigenvalue weighted by Gasteiger charge is 2.16. The molecule has 0 aromatic heterocycles. The van der Waals surface area contributed by atoms with Crippen LogP contribution in [0.25, 0.3) is 0 Å². The zero-order chi connectivity index (χ0) is 13.5. The Morgan fingerprint density at radius 1 is 1.42 bits per heavy atom. The summed E-state index contributed by atoms with van der Waals surface area (Å²) in [4.78, 5) is 2.44. The van der Waals surface area contributed by atoms with E-state index in [9.17, 15) is 0 Å². The third kappa shape index (κ3) is 4.84. The van der Waals surface area contributed by atoms with E-state index in [0.717, 1.165) is 31.4 Å². The number of piperidine rings is 1.